The molecule has 1 fully saturated rings. The van der Waals surface area contributed by atoms with Gasteiger partial charge in [0, 0.05) is 17.3 Å². The van der Waals surface area contributed by atoms with Crippen molar-refractivity contribution in [3.05, 3.63) is 20.8 Å². The van der Waals surface area contributed by atoms with Crippen LogP contribution in [0.5, 0.6) is 0 Å². The summed E-state index contributed by atoms with van der Waals surface area (Å²) in [5.74, 6) is -1.31. The first kappa shape index (κ1) is 14.5. The van der Waals surface area contributed by atoms with Crippen LogP contribution < -0.4 is 0 Å². The van der Waals surface area contributed by atoms with Crippen LogP contribution in [-0.4, -0.2) is 27.9 Å². The molecule has 0 aromatic carbocycles. The van der Waals surface area contributed by atoms with E-state index in [1.165, 1.54) is 11.3 Å². The summed E-state index contributed by atoms with van der Waals surface area (Å²) in [4.78, 5) is 26.2. The molecule has 4 nitrogen and oxygen atoms in total. The van der Waals surface area contributed by atoms with Crippen molar-refractivity contribution in [3.63, 3.8) is 0 Å². The largest absolute Gasteiger partial charge is 0.481 e. The molecule has 2 atom stereocenters. The van der Waals surface area contributed by atoms with Gasteiger partial charge in [0.15, 0.2) is 0 Å². The molecule has 1 aromatic rings. The van der Waals surface area contributed by atoms with Gasteiger partial charge in [-0.2, -0.15) is 0 Å². The fraction of sp³-hybridized carbons (Fsp3) is 0.538. The Kier molecular flexibility index (Phi) is 4.30. The third-order valence-electron chi connectivity index (χ3n) is 3.40. The van der Waals surface area contributed by atoms with E-state index in [2.05, 4.69) is 15.9 Å². The highest BCUT2D eigenvalue weighted by Crippen LogP contribution is 2.41. The van der Waals surface area contributed by atoms with E-state index in [9.17, 15) is 14.7 Å². The van der Waals surface area contributed by atoms with Crippen molar-refractivity contribution in [2.45, 2.75) is 38.8 Å². The minimum atomic E-state index is -0.826. The third-order valence-corrected chi connectivity index (χ3v) is 5.09. The van der Waals surface area contributed by atoms with Gasteiger partial charge in [-0.15, -0.1) is 11.3 Å². The lowest BCUT2D eigenvalue weighted by molar-refractivity contribution is -0.153. The number of carboxylic acid groups (broad SMARTS) is 1. The van der Waals surface area contributed by atoms with Crippen molar-refractivity contribution in [3.8, 4) is 0 Å². The average Bonchev–Trinajstić information content (AvgIpc) is 2.74. The smallest absolute Gasteiger partial charge is 0.308 e. The molecule has 1 aliphatic rings. The number of carbonyl (C=O) groups is 2. The zero-order valence-electron chi connectivity index (χ0n) is 10.8. The van der Waals surface area contributed by atoms with Gasteiger partial charge in [0.1, 0.15) is 0 Å². The Balaban J connectivity index is 2.43. The Morgan fingerprint density at radius 1 is 1.53 bits per heavy atom. The van der Waals surface area contributed by atoms with Gasteiger partial charge in [0.05, 0.1) is 15.7 Å². The summed E-state index contributed by atoms with van der Waals surface area (Å²) < 4.78 is 0.952. The number of carboxylic acids is 1. The summed E-state index contributed by atoms with van der Waals surface area (Å²) >= 11 is 4.89. The van der Waals surface area contributed by atoms with E-state index < -0.39 is 11.9 Å². The second kappa shape index (κ2) is 5.63. The molecule has 0 spiro atoms. The predicted octanol–water partition coefficient (Wildman–Crippen LogP) is 3.28. The number of piperidine rings is 1. The maximum atomic E-state index is 12.1. The van der Waals surface area contributed by atoms with Crippen molar-refractivity contribution in [2.24, 2.45) is 5.92 Å². The molecule has 2 heterocycles. The number of halogens is 1. The Hall–Kier alpha value is -0.880. The van der Waals surface area contributed by atoms with E-state index in [1.807, 2.05) is 26.0 Å². The lowest BCUT2D eigenvalue weighted by atomic mass is 9.87. The van der Waals surface area contributed by atoms with E-state index in [0.29, 0.717) is 12.8 Å². The molecular formula is C13H16BrNO3S. The molecule has 6 heteroatoms. The number of nitrogens with zero attached hydrogens (tertiary/aromatic N) is 1. The second-order valence-electron chi connectivity index (χ2n) is 4.96. The number of aliphatic carboxylic acids is 1. The van der Waals surface area contributed by atoms with Gasteiger partial charge in [-0.3, -0.25) is 9.59 Å². The number of rotatable bonds is 3. The summed E-state index contributed by atoms with van der Waals surface area (Å²) in [5.41, 5.74) is 0. The monoisotopic (exact) mass is 345 g/mol. The maximum Gasteiger partial charge on any atom is 0.308 e. The second-order valence-corrected chi connectivity index (χ2v) is 7.46. The minimum Gasteiger partial charge on any atom is -0.481 e. The van der Waals surface area contributed by atoms with E-state index >= 15 is 0 Å². The van der Waals surface area contributed by atoms with Crippen molar-refractivity contribution in [1.29, 1.82) is 0 Å². The number of hydrogen-bond acceptors (Lipinski definition) is 3. The number of amides is 1. The Morgan fingerprint density at radius 2 is 2.21 bits per heavy atom. The quantitative estimate of drug-likeness (QED) is 0.914. The summed E-state index contributed by atoms with van der Waals surface area (Å²) in [6.07, 6.45) is 0.732. The molecule has 0 aliphatic carbocycles. The zero-order chi connectivity index (χ0) is 14.2. The van der Waals surface area contributed by atoms with Crippen molar-refractivity contribution < 1.29 is 14.7 Å². The molecule has 1 N–H and O–H groups in total. The summed E-state index contributed by atoms with van der Waals surface area (Å²) in [5, 5.41) is 9.42. The highest BCUT2D eigenvalue weighted by atomic mass is 79.9. The molecule has 2 unspecified atom stereocenters. The highest BCUT2D eigenvalue weighted by Gasteiger charge is 2.42. The molecule has 19 heavy (non-hydrogen) atoms. The van der Waals surface area contributed by atoms with E-state index in [-0.39, 0.29) is 18.0 Å². The number of likely N-dealkylation sites (tertiary alicyclic amines) is 1. The van der Waals surface area contributed by atoms with Gasteiger partial charge in [-0.1, -0.05) is 0 Å². The number of thiophene rings is 1. The van der Waals surface area contributed by atoms with Crippen LogP contribution in [0.4, 0.5) is 0 Å². The first-order chi connectivity index (χ1) is 8.91. The van der Waals surface area contributed by atoms with Crippen LogP contribution in [0.2, 0.25) is 0 Å². The fourth-order valence-corrected chi connectivity index (χ4v) is 4.19. The molecule has 0 radical (unpaired) electrons. The van der Waals surface area contributed by atoms with Gasteiger partial charge in [-0.25, -0.2) is 0 Å². The molecule has 1 aromatic heterocycles. The summed E-state index contributed by atoms with van der Waals surface area (Å²) in [7, 11) is 0. The normalized spacial score (nSPS) is 24.0. The number of hydrogen-bond donors (Lipinski definition) is 1. The van der Waals surface area contributed by atoms with E-state index in [1.54, 1.807) is 4.90 Å². The van der Waals surface area contributed by atoms with Gasteiger partial charge in [0.25, 0.3) is 0 Å². The molecule has 104 valence electrons. The van der Waals surface area contributed by atoms with Gasteiger partial charge < -0.3 is 10.0 Å². The van der Waals surface area contributed by atoms with Crippen molar-refractivity contribution in [2.75, 3.05) is 0 Å². The lowest BCUT2D eigenvalue weighted by Gasteiger charge is -2.41. The first-order valence-electron chi connectivity index (χ1n) is 6.21. The molecule has 1 aliphatic heterocycles. The van der Waals surface area contributed by atoms with Crippen molar-refractivity contribution >= 4 is 39.1 Å². The minimum absolute atomic E-state index is 0.000487. The van der Waals surface area contributed by atoms with Crippen LogP contribution in [0.25, 0.3) is 0 Å². The highest BCUT2D eigenvalue weighted by molar-refractivity contribution is 9.11. The molecule has 1 saturated heterocycles. The molecule has 2 rings (SSSR count). The van der Waals surface area contributed by atoms with Gasteiger partial charge in [0.2, 0.25) is 5.91 Å². The maximum absolute atomic E-state index is 12.1. The Labute approximate surface area is 124 Å². The van der Waals surface area contributed by atoms with Crippen LogP contribution in [0.1, 0.15) is 37.6 Å². The van der Waals surface area contributed by atoms with Crippen LogP contribution in [-0.2, 0) is 9.59 Å². The van der Waals surface area contributed by atoms with Crippen LogP contribution in [0, 0.1) is 5.92 Å². The molecule has 0 bridgehead atoms. The summed E-state index contributed by atoms with van der Waals surface area (Å²) in [6, 6.07) is 3.45. The SMILES string of the molecule is CC(C)N1C(=O)CCC(C(=O)O)C1c1ccc(Br)s1. The fourth-order valence-electron chi connectivity index (χ4n) is 2.61. The standard InChI is InChI=1S/C13H16BrNO3S/c1-7(2)15-11(16)6-3-8(13(17)18)12(15)9-4-5-10(14)19-9/h4-5,7-8,12H,3,6H2,1-2H3,(H,17,18). The molecule has 0 saturated carbocycles. The molecular weight excluding hydrogens is 330 g/mol. The Bertz CT molecular complexity index is 500. The Morgan fingerprint density at radius 3 is 2.68 bits per heavy atom. The van der Waals surface area contributed by atoms with Crippen LogP contribution >= 0.6 is 27.3 Å². The zero-order valence-corrected chi connectivity index (χ0v) is 13.2. The molecule has 1 amide bonds. The van der Waals surface area contributed by atoms with Crippen LogP contribution in [0.3, 0.4) is 0 Å². The summed E-state index contributed by atoms with van der Waals surface area (Å²) in [6.45, 7) is 3.86. The van der Waals surface area contributed by atoms with Crippen molar-refractivity contribution in [1.82, 2.24) is 4.90 Å². The van der Waals surface area contributed by atoms with E-state index in [4.69, 9.17) is 0 Å². The lowest BCUT2D eigenvalue weighted by Crippen LogP contribution is -2.48. The first-order valence-corrected chi connectivity index (χ1v) is 7.82. The van der Waals surface area contributed by atoms with Crippen LogP contribution in [0.15, 0.2) is 15.9 Å². The third kappa shape index (κ3) is 2.84. The van der Waals surface area contributed by atoms with Gasteiger partial charge >= 0.3 is 5.97 Å². The topological polar surface area (TPSA) is 57.6 Å². The predicted molar refractivity (Wildman–Crippen MR) is 77.1 cm³/mol. The van der Waals surface area contributed by atoms with E-state index in [0.717, 1.165) is 8.66 Å². The van der Waals surface area contributed by atoms with Gasteiger partial charge in [-0.05, 0) is 48.3 Å². The average molecular weight is 346 g/mol. The number of carbonyl (C=O) groups excluding carboxylic acids is 1.